The number of nitrogens with zero attached hydrogens (tertiary/aromatic N) is 1. The molecule has 5 atom stereocenters. The van der Waals surface area contributed by atoms with Gasteiger partial charge in [0.25, 0.3) is 5.91 Å². The summed E-state index contributed by atoms with van der Waals surface area (Å²) in [6.45, 7) is 10.3. The number of ketones is 1. The molecule has 218 valence electrons. The van der Waals surface area contributed by atoms with Crippen LogP contribution in [0.3, 0.4) is 0 Å². The molecule has 5 N–H and O–H groups in total. The monoisotopic (exact) mass is 545 g/mol. The van der Waals surface area contributed by atoms with E-state index in [9.17, 15) is 24.0 Å². The summed E-state index contributed by atoms with van der Waals surface area (Å²) in [6.07, 6.45) is 8.13. The van der Waals surface area contributed by atoms with Crippen LogP contribution in [0.5, 0.6) is 0 Å². The Bertz CT molecular complexity index is 995. The summed E-state index contributed by atoms with van der Waals surface area (Å²) < 4.78 is 0. The van der Waals surface area contributed by atoms with Crippen LogP contribution >= 0.6 is 0 Å². The fourth-order valence-corrected chi connectivity index (χ4v) is 7.08. The lowest BCUT2D eigenvalue weighted by Gasteiger charge is -2.37. The minimum absolute atomic E-state index is 0.00609. The van der Waals surface area contributed by atoms with Gasteiger partial charge in [0.2, 0.25) is 17.6 Å². The van der Waals surface area contributed by atoms with Gasteiger partial charge in [-0.1, -0.05) is 52.4 Å². The number of hydrogen-bond acceptors (Lipinski definition) is 5. The van der Waals surface area contributed by atoms with Crippen LogP contribution in [0.2, 0.25) is 0 Å². The molecule has 3 aliphatic carbocycles. The number of carbonyl (C=O) groups is 5. The topological polar surface area (TPSA) is 151 Å². The van der Waals surface area contributed by atoms with Crippen LogP contribution in [0.15, 0.2) is 0 Å². The summed E-state index contributed by atoms with van der Waals surface area (Å²) in [5.74, 6) is -2.14. The van der Waals surface area contributed by atoms with Crippen LogP contribution < -0.4 is 21.7 Å². The Kier molecular flexibility index (Phi) is 8.34. The molecular formula is C29H47N5O5. The molecule has 5 amide bonds. The number of carbonyl (C=O) groups excluding carboxylic acids is 5. The molecule has 10 nitrogen and oxygen atoms in total. The predicted octanol–water partition coefficient (Wildman–Crippen LogP) is 2.25. The summed E-state index contributed by atoms with van der Waals surface area (Å²) >= 11 is 0. The van der Waals surface area contributed by atoms with Crippen LogP contribution in [0.1, 0.15) is 92.4 Å². The molecule has 0 aromatic heterocycles. The van der Waals surface area contributed by atoms with Crippen molar-refractivity contribution in [3.8, 4) is 0 Å². The van der Waals surface area contributed by atoms with Crippen molar-refractivity contribution in [3.05, 3.63) is 0 Å². The molecule has 0 bridgehead atoms. The predicted molar refractivity (Wildman–Crippen MR) is 146 cm³/mol. The van der Waals surface area contributed by atoms with Crippen LogP contribution in [0.25, 0.3) is 0 Å². The van der Waals surface area contributed by atoms with E-state index in [1.165, 1.54) is 0 Å². The molecule has 0 aromatic rings. The summed E-state index contributed by atoms with van der Waals surface area (Å²) in [7, 11) is 0. The average Bonchev–Trinajstić information content (AvgIpc) is 3.15. The third-order valence-electron chi connectivity index (χ3n) is 9.59. The highest BCUT2D eigenvalue weighted by Crippen LogP contribution is 2.65. The third kappa shape index (κ3) is 6.40. The largest absolute Gasteiger partial charge is 0.363 e. The van der Waals surface area contributed by atoms with Gasteiger partial charge >= 0.3 is 6.03 Å². The second-order valence-electron chi connectivity index (χ2n) is 13.9. The summed E-state index contributed by atoms with van der Waals surface area (Å²) in [6, 6.07) is -2.88. The zero-order chi connectivity index (χ0) is 28.7. The molecule has 10 heteroatoms. The fourth-order valence-electron chi connectivity index (χ4n) is 7.08. The molecule has 1 saturated heterocycles. The lowest BCUT2D eigenvalue weighted by molar-refractivity contribution is -0.144. The highest BCUT2D eigenvalue weighted by molar-refractivity contribution is 6.37. The Morgan fingerprint density at radius 3 is 2.13 bits per heavy atom. The van der Waals surface area contributed by atoms with E-state index in [4.69, 9.17) is 5.73 Å². The Labute approximate surface area is 231 Å². The minimum atomic E-state index is -1.06. The molecule has 1 heterocycles. The number of rotatable bonds is 9. The zero-order valence-corrected chi connectivity index (χ0v) is 24.2. The molecule has 0 aromatic carbocycles. The van der Waals surface area contributed by atoms with E-state index in [-0.39, 0.29) is 35.0 Å². The minimum Gasteiger partial charge on any atom is -0.363 e. The van der Waals surface area contributed by atoms with Gasteiger partial charge in [0.15, 0.2) is 0 Å². The summed E-state index contributed by atoms with van der Waals surface area (Å²) in [5.41, 5.74) is 4.74. The van der Waals surface area contributed by atoms with Crippen molar-refractivity contribution in [1.82, 2.24) is 20.9 Å². The molecule has 3 saturated carbocycles. The maximum atomic E-state index is 14.2. The molecule has 0 spiro atoms. The number of primary amides is 1. The van der Waals surface area contributed by atoms with Crippen LogP contribution in [-0.2, 0) is 19.2 Å². The number of nitrogens with two attached hydrogens (primary N) is 1. The normalized spacial score (nSPS) is 27.9. The highest BCUT2D eigenvalue weighted by Gasteiger charge is 2.69. The van der Waals surface area contributed by atoms with Crippen molar-refractivity contribution >= 4 is 29.5 Å². The lowest BCUT2D eigenvalue weighted by atomic mass is 9.80. The first-order valence-corrected chi connectivity index (χ1v) is 14.7. The molecule has 4 unspecified atom stereocenters. The van der Waals surface area contributed by atoms with Gasteiger partial charge < -0.3 is 26.6 Å². The quantitative estimate of drug-likeness (QED) is 0.328. The number of piperidine rings is 1. The molecule has 0 radical (unpaired) electrons. The van der Waals surface area contributed by atoms with Crippen molar-refractivity contribution in [3.63, 3.8) is 0 Å². The van der Waals surface area contributed by atoms with Crippen molar-refractivity contribution < 1.29 is 24.0 Å². The molecule has 4 fully saturated rings. The van der Waals surface area contributed by atoms with E-state index in [1.54, 1.807) is 4.90 Å². The second kappa shape index (κ2) is 11.1. The fraction of sp³-hybridized carbons (Fsp3) is 0.828. The Hall–Kier alpha value is -2.65. The second-order valence-corrected chi connectivity index (χ2v) is 13.9. The Morgan fingerprint density at radius 2 is 1.59 bits per heavy atom. The number of amides is 5. The van der Waals surface area contributed by atoms with Gasteiger partial charge in [-0.15, -0.1) is 0 Å². The third-order valence-corrected chi connectivity index (χ3v) is 9.59. The SMILES string of the molecule is CC(C)(C)NC(=O)NC(C(=O)N1CC2C([C@H]1C(=O)NC(CC1CCC1)C(=O)C(N)=O)C2(C)C)C1CCCCC1. The number of likely N-dealkylation sites (tertiary alicyclic amines) is 1. The first-order valence-electron chi connectivity index (χ1n) is 14.7. The van der Waals surface area contributed by atoms with Gasteiger partial charge in [-0.2, -0.15) is 0 Å². The van der Waals surface area contributed by atoms with Crippen molar-refractivity contribution in [2.75, 3.05) is 6.54 Å². The first-order chi connectivity index (χ1) is 18.2. The Balaban J connectivity index is 1.55. The van der Waals surface area contributed by atoms with Crippen molar-refractivity contribution in [2.24, 2.45) is 34.8 Å². The van der Waals surface area contributed by atoms with E-state index in [1.807, 2.05) is 20.8 Å². The van der Waals surface area contributed by atoms with Crippen molar-refractivity contribution in [1.29, 1.82) is 0 Å². The molecule has 39 heavy (non-hydrogen) atoms. The van der Waals surface area contributed by atoms with Crippen LogP contribution in [0, 0.1) is 29.1 Å². The van der Waals surface area contributed by atoms with E-state index < -0.39 is 47.3 Å². The highest BCUT2D eigenvalue weighted by atomic mass is 16.2. The van der Waals surface area contributed by atoms with Gasteiger partial charge in [0.1, 0.15) is 12.1 Å². The Morgan fingerprint density at radius 1 is 0.949 bits per heavy atom. The lowest BCUT2D eigenvalue weighted by Crippen LogP contribution is -2.61. The average molecular weight is 546 g/mol. The van der Waals surface area contributed by atoms with Crippen LogP contribution in [-0.4, -0.2) is 64.6 Å². The van der Waals surface area contributed by atoms with E-state index in [0.717, 1.165) is 51.4 Å². The van der Waals surface area contributed by atoms with Gasteiger partial charge in [0, 0.05) is 12.1 Å². The van der Waals surface area contributed by atoms with Gasteiger partial charge in [0.05, 0.1) is 6.04 Å². The van der Waals surface area contributed by atoms with E-state index in [0.29, 0.717) is 13.0 Å². The number of fused-ring (bicyclic) bond motifs is 1. The molecule has 4 aliphatic rings. The smallest absolute Gasteiger partial charge is 0.315 e. The number of urea groups is 1. The molecule has 1 aliphatic heterocycles. The molecule has 4 rings (SSSR count). The van der Waals surface area contributed by atoms with E-state index in [2.05, 4.69) is 29.8 Å². The summed E-state index contributed by atoms with van der Waals surface area (Å²) in [4.78, 5) is 66.9. The number of Topliss-reactive ketones (excluding diaryl/α,β-unsaturated/α-hetero) is 1. The summed E-state index contributed by atoms with van der Waals surface area (Å²) in [5, 5.41) is 8.68. The number of nitrogens with one attached hydrogen (secondary N) is 3. The van der Waals surface area contributed by atoms with Gasteiger partial charge in [-0.25, -0.2) is 4.79 Å². The maximum Gasteiger partial charge on any atom is 0.315 e. The first kappa shape index (κ1) is 29.3. The number of hydrogen-bond donors (Lipinski definition) is 4. The zero-order valence-electron chi connectivity index (χ0n) is 24.2. The van der Waals surface area contributed by atoms with E-state index >= 15 is 0 Å². The van der Waals surface area contributed by atoms with Crippen LogP contribution in [0.4, 0.5) is 4.79 Å². The van der Waals surface area contributed by atoms with Crippen molar-refractivity contribution in [2.45, 2.75) is 116 Å². The van der Waals surface area contributed by atoms with Gasteiger partial charge in [-0.3, -0.25) is 19.2 Å². The molecular weight excluding hydrogens is 498 g/mol. The maximum absolute atomic E-state index is 14.2. The van der Waals surface area contributed by atoms with Gasteiger partial charge in [-0.05, 0) is 69.1 Å². The standard InChI is InChI=1S/C29H47N5O5/c1-28(2,3)33-27(39)32-21(17-12-7-6-8-13-17)26(38)34-15-18-20(29(18,4)5)22(34)25(37)31-19(23(35)24(30)36)14-16-10-9-11-16/h16-22H,6-15H2,1-5H3,(H2,30,36)(H,31,37)(H2,32,33,39)/t18?,19?,20?,21?,22-/m0/s1.